The number of carbonyl (C=O) groups excluding carboxylic acids is 1. The highest BCUT2D eigenvalue weighted by molar-refractivity contribution is 9.08. The molecule has 0 saturated heterocycles. The Morgan fingerprint density at radius 3 is 2.69 bits per heavy atom. The van der Waals surface area contributed by atoms with Crippen LogP contribution >= 0.6 is 15.9 Å². The van der Waals surface area contributed by atoms with Gasteiger partial charge in [-0.25, -0.2) is 18.0 Å². The summed E-state index contributed by atoms with van der Waals surface area (Å²) in [5.41, 5.74) is -1.71. The van der Waals surface area contributed by atoms with E-state index in [1.54, 1.807) is 0 Å². The number of alkyl halides is 3. The Bertz CT molecular complexity index is 412. The second-order valence-corrected chi connectivity index (χ2v) is 3.33. The van der Waals surface area contributed by atoms with Crippen molar-refractivity contribution < 1.29 is 22.7 Å². The number of methoxy groups -OCH3 is 1. The third kappa shape index (κ3) is 2.34. The van der Waals surface area contributed by atoms with Gasteiger partial charge in [-0.3, -0.25) is 4.98 Å². The van der Waals surface area contributed by atoms with Crippen LogP contribution in [0.2, 0.25) is 0 Å². The van der Waals surface area contributed by atoms with E-state index < -0.39 is 29.3 Å². The molecule has 16 heavy (non-hydrogen) atoms. The van der Waals surface area contributed by atoms with Crippen molar-refractivity contribution >= 4 is 21.9 Å². The zero-order chi connectivity index (χ0) is 12.3. The number of nitrogens with zero attached hydrogens (tertiary/aromatic N) is 1. The molecule has 0 bridgehead atoms. The molecule has 3 nitrogen and oxygen atoms in total. The van der Waals surface area contributed by atoms with Crippen molar-refractivity contribution in [3.63, 3.8) is 0 Å². The first-order chi connectivity index (χ1) is 7.52. The SMILES string of the molecule is COC(=O)c1cnc(CBr)c(F)c1C(F)F. The Morgan fingerprint density at radius 1 is 1.62 bits per heavy atom. The van der Waals surface area contributed by atoms with Crippen LogP contribution in [0.15, 0.2) is 6.20 Å². The van der Waals surface area contributed by atoms with E-state index in [-0.39, 0.29) is 11.0 Å². The summed E-state index contributed by atoms with van der Waals surface area (Å²) in [6, 6.07) is 0. The molecule has 0 spiro atoms. The fraction of sp³-hybridized carbons (Fsp3) is 0.333. The number of pyridine rings is 1. The lowest BCUT2D eigenvalue weighted by Gasteiger charge is -2.09. The summed E-state index contributed by atoms with van der Waals surface area (Å²) in [4.78, 5) is 14.7. The molecule has 0 aromatic carbocycles. The molecule has 0 atom stereocenters. The van der Waals surface area contributed by atoms with Crippen molar-refractivity contribution in [2.45, 2.75) is 11.8 Å². The summed E-state index contributed by atoms with van der Waals surface area (Å²) < 4.78 is 43.0. The van der Waals surface area contributed by atoms with Crippen LogP contribution in [0.3, 0.4) is 0 Å². The molecule has 1 aromatic heterocycles. The van der Waals surface area contributed by atoms with Gasteiger partial charge in [0.25, 0.3) is 6.43 Å². The lowest BCUT2D eigenvalue weighted by Crippen LogP contribution is -2.11. The van der Waals surface area contributed by atoms with Gasteiger partial charge in [0.1, 0.15) is 0 Å². The van der Waals surface area contributed by atoms with Crippen molar-refractivity contribution in [2.24, 2.45) is 0 Å². The summed E-state index contributed by atoms with van der Waals surface area (Å²) >= 11 is 2.91. The molecule has 1 aromatic rings. The number of hydrogen-bond donors (Lipinski definition) is 0. The van der Waals surface area contributed by atoms with Crippen molar-refractivity contribution in [3.05, 3.63) is 28.8 Å². The Morgan fingerprint density at radius 2 is 2.25 bits per heavy atom. The van der Waals surface area contributed by atoms with Gasteiger partial charge < -0.3 is 4.74 Å². The fourth-order valence-corrected chi connectivity index (χ4v) is 1.51. The average molecular weight is 298 g/mol. The normalized spacial score (nSPS) is 10.6. The van der Waals surface area contributed by atoms with Gasteiger partial charge in [0.15, 0.2) is 5.82 Å². The van der Waals surface area contributed by atoms with Crippen LogP contribution in [0.4, 0.5) is 13.2 Å². The van der Waals surface area contributed by atoms with Crippen LogP contribution in [0.1, 0.15) is 28.0 Å². The molecule has 0 unspecified atom stereocenters. The van der Waals surface area contributed by atoms with Crippen molar-refractivity contribution in [2.75, 3.05) is 7.11 Å². The molecule has 0 amide bonds. The second-order valence-electron chi connectivity index (χ2n) is 2.77. The number of ether oxygens (including phenoxy) is 1. The third-order valence-corrected chi connectivity index (χ3v) is 2.41. The summed E-state index contributed by atoms with van der Waals surface area (Å²) in [7, 11) is 1.02. The van der Waals surface area contributed by atoms with Crippen LogP contribution in [-0.2, 0) is 10.1 Å². The van der Waals surface area contributed by atoms with Crippen LogP contribution in [0, 0.1) is 5.82 Å². The molecule has 88 valence electrons. The van der Waals surface area contributed by atoms with E-state index in [2.05, 4.69) is 25.7 Å². The van der Waals surface area contributed by atoms with E-state index in [1.807, 2.05) is 0 Å². The summed E-state index contributed by atoms with van der Waals surface area (Å²) in [6.45, 7) is 0. The molecular weight excluding hydrogens is 291 g/mol. The minimum atomic E-state index is -3.10. The third-order valence-electron chi connectivity index (χ3n) is 1.88. The predicted molar refractivity (Wildman–Crippen MR) is 53.1 cm³/mol. The van der Waals surface area contributed by atoms with E-state index in [0.29, 0.717) is 0 Å². The van der Waals surface area contributed by atoms with Crippen LogP contribution in [0.5, 0.6) is 0 Å². The highest BCUT2D eigenvalue weighted by Crippen LogP contribution is 2.28. The summed E-state index contributed by atoms with van der Waals surface area (Å²) in [5, 5.41) is -0.0139. The van der Waals surface area contributed by atoms with Gasteiger partial charge in [0, 0.05) is 11.5 Å². The monoisotopic (exact) mass is 297 g/mol. The van der Waals surface area contributed by atoms with Crippen LogP contribution in [-0.4, -0.2) is 18.1 Å². The Kier molecular flexibility index (Phi) is 4.28. The second kappa shape index (κ2) is 5.29. The lowest BCUT2D eigenvalue weighted by atomic mass is 10.1. The molecule has 0 aliphatic rings. The molecule has 1 heterocycles. The Labute approximate surface area is 97.8 Å². The largest absolute Gasteiger partial charge is 0.465 e. The summed E-state index contributed by atoms with van der Waals surface area (Å²) in [6.07, 6.45) is -2.22. The van der Waals surface area contributed by atoms with Gasteiger partial charge in [-0.15, -0.1) is 0 Å². The lowest BCUT2D eigenvalue weighted by molar-refractivity contribution is 0.0586. The number of hydrogen-bond acceptors (Lipinski definition) is 3. The minimum Gasteiger partial charge on any atom is -0.465 e. The predicted octanol–water partition coefficient (Wildman–Crippen LogP) is 2.84. The average Bonchev–Trinajstić information content (AvgIpc) is 2.26. The molecular formula is C9H7BrF3NO2. The molecule has 7 heteroatoms. The quantitative estimate of drug-likeness (QED) is 0.636. The van der Waals surface area contributed by atoms with Crippen molar-refractivity contribution in [1.29, 1.82) is 0 Å². The first-order valence-corrected chi connectivity index (χ1v) is 5.24. The molecule has 0 aliphatic heterocycles. The zero-order valence-corrected chi connectivity index (χ0v) is 9.72. The highest BCUT2D eigenvalue weighted by Gasteiger charge is 2.26. The van der Waals surface area contributed by atoms with Gasteiger partial charge in [-0.2, -0.15) is 0 Å². The molecule has 0 N–H and O–H groups in total. The number of halogens is 4. The van der Waals surface area contributed by atoms with Crippen LogP contribution in [0.25, 0.3) is 0 Å². The number of aromatic nitrogens is 1. The maximum Gasteiger partial charge on any atom is 0.340 e. The zero-order valence-electron chi connectivity index (χ0n) is 8.14. The first kappa shape index (κ1) is 13.0. The molecule has 0 radical (unpaired) electrons. The van der Waals surface area contributed by atoms with Gasteiger partial charge in [-0.1, -0.05) is 15.9 Å². The molecule has 1 rings (SSSR count). The maximum absolute atomic E-state index is 13.5. The smallest absolute Gasteiger partial charge is 0.340 e. The van der Waals surface area contributed by atoms with Crippen LogP contribution < -0.4 is 0 Å². The van der Waals surface area contributed by atoms with E-state index in [9.17, 15) is 18.0 Å². The van der Waals surface area contributed by atoms with Gasteiger partial charge in [0.2, 0.25) is 0 Å². The van der Waals surface area contributed by atoms with E-state index in [0.717, 1.165) is 13.3 Å². The fourth-order valence-electron chi connectivity index (χ4n) is 1.12. The van der Waals surface area contributed by atoms with Gasteiger partial charge in [-0.05, 0) is 0 Å². The topological polar surface area (TPSA) is 39.2 Å². The van der Waals surface area contributed by atoms with Crippen molar-refractivity contribution in [1.82, 2.24) is 4.98 Å². The number of rotatable bonds is 3. The molecule has 0 saturated carbocycles. The van der Waals surface area contributed by atoms with Gasteiger partial charge in [0.05, 0.1) is 23.9 Å². The maximum atomic E-state index is 13.5. The number of esters is 1. The number of carbonyl (C=O) groups is 1. The van der Waals surface area contributed by atoms with E-state index in [4.69, 9.17) is 0 Å². The minimum absolute atomic E-state index is 0.0139. The molecule has 0 aliphatic carbocycles. The Hall–Kier alpha value is -1.11. The first-order valence-electron chi connectivity index (χ1n) is 4.12. The van der Waals surface area contributed by atoms with Gasteiger partial charge >= 0.3 is 5.97 Å². The van der Waals surface area contributed by atoms with E-state index >= 15 is 0 Å². The van der Waals surface area contributed by atoms with Crippen molar-refractivity contribution in [3.8, 4) is 0 Å². The molecule has 0 fully saturated rings. The Balaban J connectivity index is 3.40. The summed E-state index contributed by atoms with van der Waals surface area (Å²) in [5.74, 6) is -2.22. The highest BCUT2D eigenvalue weighted by atomic mass is 79.9. The standard InChI is InChI=1S/C9H7BrF3NO2/c1-16-9(15)4-3-14-5(2-10)7(11)6(4)8(12)13/h3,8H,2H2,1H3. The van der Waals surface area contributed by atoms with E-state index in [1.165, 1.54) is 0 Å².